The van der Waals surface area contributed by atoms with Crippen LogP contribution in [0.15, 0.2) is 54.6 Å². The summed E-state index contributed by atoms with van der Waals surface area (Å²) in [6.07, 6.45) is 1.43. The quantitative estimate of drug-likeness (QED) is 0.809. The average molecular weight is 307 g/mol. The van der Waals surface area contributed by atoms with Gasteiger partial charge in [-0.15, -0.1) is 0 Å². The highest BCUT2D eigenvalue weighted by molar-refractivity contribution is 5.97. The van der Waals surface area contributed by atoms with Gasteiger partial charge in [-0.05, 0) is 24.5 Å². The zero-order chi connectivity index (χ0) is 16.2. The topological polar surface area (TPSA) is 37.4 Å². The molecule has 118 valence electrons. The third kappa shape index (κ3) is 3.50. The Labute approximate surface area is 136 Å². The summed E-state index contributed by atoms with van der Waals surface area (Å²) in [6.45, 7) is 2.72. The maximum absolute atomic E-state index is 12.5. The number of benzene rings is 2. The van der Waals surface area contributed by atoms with Crippen LogP contribution >= 0.6 is 0 Å². The van der Waals surface area contributed by atoms with Gasteiger partial charge in [-0.1, -0.05) is 54.6 Å². The van der Waals surface area contributed by atoms with Crippen LogP contribution in [0.2, 0.25) is 0 Å². The zero-order valence-electron chi connectivity index (χ0n) is 13.4. The van der Waals surface area contributed by atoms with Gasteiger partial charge in [0.25, 0.3) is 0 Å². The molecule has 0 bridgehead atoms. The van der Waals surface area contributed by atoms with Crippen LogP contribution < -0.4 is 0 Å². The van der Waals surface area contributed by atoms with Gasteiger partial charge in [0.2, 0.25) is 5.91 Å². The van der Waals surface area contributed by atoms with E-state index >= 15 is 0 Å². The van der Waals surface area contributed by atoms with Crippen molar-refractivity contribution < 1.29 is 9.59 Å². The average Bonchev–Trinajstić information content (AvgIpc) is 2.59. The van der Waals surface area contributed by atoms with Crippen molar-refractivity contribution in [2.24, 2.45) is 0 Å². The number of ketones is 1. The number of fused-ring (bicyclic) bond motifs is 1. The fourth-order valence-corrected chi connectivity index (χ4v) is 3.15. The van der Waals surface area contributed by atoms with Crippen LogP contribution in [0.5, 0.6) is 0 Å². The first-order valence-corrected chi connectivity index (χ1v) is 8.09. The number of nitrogens with zero attached hydrogens (tertiary/aromatic N) is 1. The maximum Gasteiger partial charge on any atom is 0.223 e. The SMILES string of the molecule is C[C@@H]1Cc2ccccc2CN1C(=O)CCC(=O)c1ccccc1. The lowest BCUT2D eigenvalue weighted by Gasteiger charge is -2.35. The van der Waals surface area contributed by atoms with E-state index in [1.54, 1.807) is 12.1 Å². The number of hydrogen-bond donors (Lipinski definition) is 0. The third-order valence-electron chi connectivity index (χ3n) is 4.49. The molecule has 0 fully saturated rings. The Morgan fingerprint density at radius 2 is 1.61 bits per heavy atom. The molecule has 0 unspecified atom stereocenters. The van der Waals surface area contributed by atoms with E-state index in [1.165, 1.54) is 11.1 Å². The van der Waals surface area contributed by atoms with E-state index in [0.717, 1.165) is 6.42 Å². The molecule has 23 heavy (non-hydrogen) atoms. The van der Waals surface area contributed by atoms with E-state index in [2.05, 4.69) is 19.1 Å². The lowest BCUT2D eigenvalue weighted by atomic mass is 9.94. The number of Topliss-reactive ketones (excluding diaryl/α,β-unsaturated/α-hetero) is 1. The van der Waals surface area contributed by atoms with E-state index in [9.17, 15) is 9.59 Å². The Kier molecular flexibility index (Phi) is 4.56. The first kappa shape index (κ1) is 15.5. The van der Waals surface area contributed by atoms with Gasteiger partial charge >= 0.3 is 0 Å². The van der Waals surface area contributed by atoms with Crippen LogP contribution in [0.4, 0.5) is 0 Å². The summed E-state index contributed by atoms with van der Waals surface area (Å²) < 4.78 is 0. The molecule has 3 heteroatoms. The monoisotopic (exact) mass is 307 g/mol. The molecule has 1 atom stereocenters. The minimum atomic E-state index is 0.0315. The molecule has 1 aliphatic heterocycles. The van der Waals surface area contributed by atoms with Gasteiger partial charge in [-0.25, -0.2) is 0 Å². The molecule has 2 aromatic rings. The molecule has 2 aromatic carbocycles. The van der Waals surface area contributed by atoms with Crippen LogP contribution in [-0.2, 0) is 17.8 Å². The van der Waals surface area contributed by atoms with Crippen LogP contribution in [-0.4, -0.2) is 22.6 Å². The number of carbonyl (C=O) groups excluding carboxylic acids is 2. The largest absolute Gasteiger partial charge is 0.335 e. The minimum Gasteiger partial charge on any atom is -0.335 e. The molecule has 1 amide bonds. The van der Waals surface area contributed by atoms with Crippen molar-refractivity contribution in [3.05, 3.63) is 71.3 Å². The van der Waals surface area contributed by atoms with Crippen molar-refractivity contribution in [2.45, 2.75) is 38.8 Å². The molecular weight excluding hydrogens is 286 g/mol. The van der Waals surface area contributed by atoms with Crippen molar-refractivity contribution in [1.29, 1.82) is 0 Å². The normalized spacial score (nSPS) is 16.7. The Morgan fingerprint density at radius 3 is 2.35 bits per heavy atom. The lowest BCUT2D eigenvalue weighted by Crippen LogP contribution is -2.42. The summed E-state index contributed by atoms with van der Waals surface area (Å²) in [5.41, 5.74) is 3.22. The molecule has 1 heterocycles. The van der Waals surface area contributed by atoms with Crippen molar-refractivity contribution >= 4 is 11.7 Å². The fraction of sp³-hybridized carbons (Fsp3) is 0.300. The first-order valence-electron chi connectivity index (χ1n) is 8.09. The molecule has 0 saturated carbocycles. The Hall–Kier alpha value is -2.42. The summed E-state index contributed by atoms with van der Waals surface area (Å²) in [5, 5.41) is 0. The second-order valence-corrected chi connectivity index (χ2v) is 6.13. The van der Waals surface area contributed by atoms with Crippen molar-refractivity contribution in [1.82, 2.24) is 4.90 Å². The summed E-state index contributed by atoms with van der Waals surface area (Å²) in [7, 11) is 0. The van der Waals surface area contributed by atoms with Crippen LogP contribution in [0, 0.1) is 0 Å². The predicted octanol–water partition coefficient (Wildman–Crippen LogP) is 3.62. The van der Waals surface area contributed by atoms with Crippen LogP contribution in [0.1, 0.15) is 41.3 Å². The second-order valence-electron chi connectivity index (χ2n) is 6.13. The highest BCUT2D eigenvalue weighted by Gasteiger charge is 2.26. The predicted molar refractivity (Wildman–Crippen MR) is 90.2 cm³/mol. The minimum absolute atomic E-state index is 0.0315. The maximum atomic E-state index is 12.5. The summed E-state index contributed by atoms with van der Waals surface area (Å²) in [5.74, 6) is 0.0975. The molecule has 0 N–H and O–H groups in total. The standard InChI is InChI=1S/C20H21NO2/c1-15-13-17-9-5-6-10-18(17)14-21(15)20(23)12-11-19(22)16-7-3-2-4-8-16/h2-10,15H,11-14H2,1H3/t15-/m1/s1. The number of rotatable bonds is 4. The Bertz CT molecular complexity index is 709. The van der Waals surface area contributed by atoms with Gasteiger partial charge in [0.15, 0.2) is 5.78 Å². The highest BCUT2D eigenvalue weighted by atomic mass is 16.2. The Morgan fingerprint density at radius 1 is 0.957 bits per heavy atom. The van der Waals surface area contributed by atoms with Gasteiger partial charge in [0.1, 0.15) is 0 Å². The summed E-state index contributed by atoms with van der Waals surface area (Å²) in [4.78, 5) is 26.6. The van der Waals surface area contributed by atoms with Gasteiger partial charge in [0.05, 0.1) is 0 Å². The van der Waals surface area contributed by atoms with E-state index < -0.39 is 0 Å². The van der Waals surface area contributed by atoms with Crippen molar-refractivity contribution in [3.63, 3.8) is 0 Å². The third-order valence-corrected chi connectivity index (χ3v) is 4.49. The molecule has 0 spiro atoms. The van der Waals surface area contributed by atoms with E-state index in [4.69, 9.17) is 0 Å². The van der Waals surface area contributed by atoms with Crippen LogP contribution in [0.3, 0.4) is 0 Å². The van der Waals surface area contributed by atoms with Gasteiger partial charge in [0, 0.05) is 31.0 Å². The summed E-state index contributed by atoms with van der Waals surface area (Å²) in [6, 6.07) is 17.6. The van der Waals surface area contributed by atoms with E-state index in [0.29, 0.717) is 12.1 Å². The molecule has 3 rings (SSSR count). The Balaban J connectivity index is 1.62. The molecule has 0 aromatic heterocycles. The molecule has 0 saturated heterocycles. The zero-order valence-corrected chi connectivity index (χ0v) is 13.4. The second kappa shape index (κ2) is 6.78. The smallest absolute Gasteiger partial charge is 0.223 e. The molecule has 3 nitrogen and oxygen atoms in total. The lowest BCUT2D eigenvalue weighted by molar-refractivity contribution is -0.134. The molecule has 0 aliphatic carbocycles. The van der Waals surface area contributed by atoms with Crippen molar-refractivity contribution in [2.75, 3.05) is 0 Å². The van der Waals surface area contributed by atoms with Crippen molar-refractivity contribution in [3.8, 4) is 0 Å². The first-order chi connectivity index (χ1) is 11.1. The van der Waals surface area contributed by atoms with Gasteiger partial charge < -0.3 is 4.90 Å². The fourth-order valence-electron chi connectivity index (χ4n) is 3.15. The van der Waals surface area contributed by atoms with Gasteiger partial charge in [-0.2, -0.15) is 0 Å². The van der Waals surface area contributed by atoms with Crippen LogP contribution in [0.25, 0.3) is 0 Å². The highest BCUT2D eigenvalue weighted by Crippen LogP contribution is 2.24. The summed E-state index contributed by atoms with van der Waals surface area (Å²) >= 11 is 0. The number of hydrogen-bond acceptors (Lipinski definition) is 2. The molecular formula is C20H21NO2. The van der Waals surface area contributed by atoms with E-state index in [-0.39, 0.29) is 30.6 Å². The van der Waals surface area contributed by atoms with Gasteiger partial charge in [-0.3, -0.25) is 9.59 Å². The molecule has 0 radical (unpaired) electrons. The molecule has 1 aliphatic rings. The number of amides is 1. The van der Waals surface area contributed by atoms with E-state index in [1.807, 2.05) is 35.2 Å². The number of carbonyl (C=O) groups is 2.